The Balaban J connectivity index is 2.07. The second-order valence-corrected chi connectivity index (χ2v) is 4.34. The molecule has 1 amide bonds. The highest BCUT2D eigenvalue weighted by atomic mass is 16.5. The number of benzene rings is 1. The van der Waals surface area contributed by atoms with E-state index in [0.29, 0.717) is 28.8 Å². The van der Waals surface area contributed by atoms with Gasteiger partial charge in [-0.1, -0.05) is 0 Å². The summed E-state index contributed by atoms with van der Waals surface area (Å²) in [6, 6.07) is 8.66. The first-order valence-corrected chi connectivity index (χ1v) is 6.92. The van der Waals surface area contributed by atoms with Gasteiger partial charge in [-0.2, -0.15) is 0 Å². The minimum atomic E-state index is -0.570. The third-order valence-electron chi connectivity index (χ3n) is 2.84. The molecule has 0 saturated heterocycles. The van der Waals surface area contributed by atoms with Gasteiger partial charge >= 0.3 is 6.09 Å². The number of ether oxygens (including phenoxy) is 3. The molecule has 2 aromatic rings. The van der Waals surface area contributed by atoms with E-state index in [0.717, 1.165) is 0 Å². The zero-order chi connectivity index (χ0) is 16.7. The third kappa shape index (κ3) is 4.47. The number of aromatic nitrogens is 2. The van der Waals surface area contributed by atoms with Crippen molar-refractivity contribution in [2.24, 2.45) is 0 Å². The summed E-state index contributed by atoms with van der Waals surface area (Å²) in [7, 11) is 3.15. The molecule has 0 fully saturated rings. The Hall–Kier alpha value is -3.03. The van der Waals surface area contributed by atoms with E-state index < -0.39 is 6.09 Å². The molecule has 1 aromatic carbocycles. The number of rotatable bonds is 6. The van der Waals surface area contributed by atoms with Gasteiger partial charge in [0.05, 0.1) is 26.5 Å². The summed E-state index contributed by atoms with van der Waals surface area (Å²) in [6.07, 6.45) is -0.570. The lowest BCUT2D eigenvalue weighted by atomic mass is 10.2. The fourth-order valence-corrected chi connectivity index (χ4v) is 1.78. The average Bonchev–Trinajstić information content (AvgIpc) is 2.57. The number of carbonyl (C=O) groups is 1. The van der Waals surface area contributed by atoms with Gasteiger partial charge in [0.1, 0.15) is 11.5 Å². The van der Waals surface area contributed by atoms with Crippen LogP contribution in [0.1, 0.15) is 6.92 Å². The molecule has 0 bridgehead atoms. The van der Waals surface area contributed by atoms with Gasteiger partial charge in [-0.15, -0.1) is 10.2 Å². The Morgan fingerprint density at radius 2 is 1.83 bits per heavy atom. The summed E-state index contributed by atoms with van der Waals surface area (Å²) in [4.78, 5) is 11.3. The van der Waals surface area contributed by atoms with E-state index in [2.05, 4.69) is 20.8 Å². The van der Waals surface area contributed by atoms with E-state index in [9.17, 15) is 4.79 Å². The molecule has 0 aliphatic heterocycles. The van der Waals surface area contributed by atoms with Crippen LogP contribution < -0.4 is 20.1 Å². The zero-order valence-corrected chi connectivity index (χ0v) is 13.1. The van der Waals surface area contributed by atoms with Gasteiger partial charge in [-0.05, 0) is 31.2 Å². The molecule has 0 unspecified atom stereocenters. The first-order chi connectivity index (χ1) is 11.2. The van der Waals surface area contributed by atoms with Crippen molar-refractivity contribution in [2.75, 3.05) is 31.5 Å². The number of hydrogen-bond donors (Lipinski definition) is 2. The Morgan fingerprint density at radius 1 is 1.09 bits per heavy atom. The molecule has 1 aromatic heterocycles. The topological polar surface area (TPSA) is 94.6 Å². The van der Waals surface area contributed by atoms with Gasteiger partial charge in [-0.3, -0.25) is 5.32 Å². The molecule has 23 heavy (non-hydrogen) atoms. The quantitative estimate of drug-likeness (QED) is 0.845. The van der Waals surface area contributed by atoms with E-state index in [-0.39, 0.29) is 6.61 Å². The van der Waals surface area contributed by atoms with Crippen LogP contribution in [-0.4, -0.2) is 37.1 Å². The van der Waals surface area contributed by atoms with Gasteiger partial charge in [0.15, 0.2) is 11.6 Å². The number of nitrogens with zero attached hydrogens (tertiary/aromatic N) is 2. The van der Waals surface area contributed by atoms with Crippen LogP contribution in [0.25, 0.3) is 0 Å². The third-order valence-corrected chi connectivity index (χ3v) is 2.84. The van der Waals surface area contributed by atoms with Crippen LogP contribution >= 0.6 is 0 Å². The number of anilines is 3. The molecule has 8 heteroatoms. The first-order valence-electron chi connectivity index (χ1n) is 6.92. The van der Waals surface area contributed by atoms with E-state index in [1.165, 1.54) is 0 Å². The summed E-state index contributed by atoms with van der Waals surface area (Å²) in [5.74, 6) is 2.10. The normalized spacial score (nSPS) is 9.87. The van der Waals surface area contributed by atoms with Gasteiger partial charge in [-0.25, -0.2) is 4.79 Å². The molecule has 0 saturated carbocycles. The predicted molar refractivity (Wildman–Crippen MR) is 85.5 cm³/mol. The molecule has 1 heterocycles. The molecule has 0 spiro atoms. The van der Waals surface area contributed by atoms with Crippen LogP contribution in [0.15, 0.2) is 30.3 Å². The molecule has 0 aliphatic rings. The van der Waals surface area contributed by atoms with Crippen molar-refractivity contribution in [1.29, 1.82) is 0 Å². The van der Waals surface area contributed by atoms with E-state index in [1.807, 2.05) is 6.07 Å². The fourth-order valence-electron chi connectivity index (χ4n) is 1.78. The van der Waals surface area contributed by atoms with Crippen LogP contribution in [0.5, 0.6) is 11.5 Å². The summed E-state index contributed by atoms with van der Waals surface area (Å²) >= 11 is 0. The van der Waals surface area contributed by atoms with Crippen molar-refractivity contribution in [2.45, 2.75) is 6.92 Å². The number of nitrogens with one attached hydrogen (secondary N) is 2. The Kier molecular flexibility index (Phi) is 5.56. The number of amides is 1. The highest BCUT2D eigenvalue weighted by Gasteiger charge is 2.07. The molecular formula is C15H18N4O4. The van der Waals surface area contributed by atoms with Gasteiger partial charge < -0.3 is 19.5 Å². The molecular weight excluding hydrogens is 300 g/mol. The van der Waals surface area contributed by atoms with Gasteiger partial charge in [0, 0.05) is 6.07 Å². The van der Waals surface area contributed by atoms with Crippen LogP contribution in [0.2, 0.25) is 0 Å². The van der Waals surface area contributed by atoms with Crippen LogP contribution in [-0.2, 0) is 4.74 Å². The second kappa shape index (κ2) is 7.83. The lowest BCUT2D eigenvalue weighted by Gasteiger charge is -2.12. The van der Waals surface area contributed by atoms with Gasteiger partial charge in [0.2, 0.25) is 0 Å². The largest absolute Gasteiger partial charge is 0.497 e. The highest BCUT2D eigenvalue weighted by molar-refractivity contribution is 5.83. The second-order valence-electron chi connectivity index (χ2n) is 4.34. The van der Waals surface area contributed by atoms with Crippen LogP contribution in [0.4, 0.5) is 22.1 Å². The molecule has 8 nitrogen and oxygen atoms in total. The summed E-state index contributed by atoms with van der Waals surface area (Å²) < 4.78 is 15.2. The summed E-state index contributed by atoms with van der Waals surface area (Å²) in [6.45, 7) is 2.01. The fraction of sp³-hybridized carbons (Fsp3) is 0.267. The molecule has 0 atom stereocenters. The monoisotopic (exact) mass is 318 g/mol. The number of carbonyl (C=O) groups excluding carboxylic acids is 1. The Labute approximate surface area is 133 Å². The summed E-state index contributed by atoms with van der Waals surface area (Å²) in [5, 5.41) is 13.4. The highest BCUT2D eigenvalue weighted by Crippen LogP contribution is 2.30. The maximum Gasteiger partial charge on any atom is 0.412 e. The van der Waals surface area contributed by atoms with Crippen molar-refractivity contribution in [3.8, 4) is 11.5 Å². The van der Waals surface area contributed by atoms with Crippen molar-refractivity contribution >= 4 is 23.4 Å². The lowest BCUT2D eigenvalue weighted by molar-refractivity contribution is 0.168. The van der Waals surface area contributed by atoms with Crippen molar-refractivity contribution in [3.05, 3.63) is 30.3 Å². The van der Waals surface area contributed by atoms with E-state index in [1.54, 1.807) is 45.4 Å². The van der Waals surface area contributed by atoms with Gasteiger partial charge in [0.25, 0.3) is 0 Å². The maximum absolute atomic E-state index is 11.3. The zero-order valence-electron chi connectivity index (χ0n) is 13.1. The Morgan fingerprint density at radius 3 is 2.43 bits per heavy atom. The van der Waals surface area contributed by atoms with Crippen molar-refractivity contribution in [3.63, 3.8) is 0 Å². The summed E-state index contributed by atoms with van der Waals surface area (Å²) in [5.41, 5.74) is 0.716. The van der Waals surface area contributed by atoms with Crippen molar-refractivity contribution in [1.82, 2.24) is 10.2 Å². The number of hydrogen-bond acceptors (Lipinski definition) is 7. The maximum atomic E-state index is 11.3. The smallest absolute Gasteiger partial charge is 0.412 e. The van der Waals surface area contributed by atoms with Crippen LogP contribution in [0, 0.1) is 0 Å². The minimum Gasteiger partial charge on any atom is -0.497 e. The number of methoxy groups -OCH3 is 2. The average molecular weight is 318 g/mol. The van der Waals surface area contributed by atoms with E-state index >= 15 is 0 Å². The SMILES string of the molecule is CCOC(=O)Nc1ccc(Nc2ccc(OC)cc2OC)nn1. The predicted octanol–water partition coefficient (Wildman–Crippen LogP) is 2.81. The van der Waals surface area contributed by atoms with E-state index in [4.69, 9.17) is 14.2 Å². The first kappa shape index (κ1) is 16.3. The molecule has 2 rings (SSSR count). The lowest BCUT2D eigenvalue weighted by Crippen LogP contribution is -2.14. The Bertz CT molecular complexity index is 661. The standard InChI is InChI=1S/C15H18N4O4/c1-4-23-15(20)17-14-8-7-13(18-19-14)16-11-6-5-10(21-2)9-12(11)22-3/h5-9H,4H2,1-3H3,(H,16,18)(H,17,19,20). The molecule has 0 radical (unpaired) electrons. The molecule has 0 aliphatic carbocycles. The molecule has 2 N–H and O–H groups in total. The molecule has 122 valence electrons. The van der Waals surface area contributed by atoms with Crippen molar-refractivity contribution < 1.29 is 19.0 Å². The minimum absolute atomic E-state index is 0.288. The van der Waals surface area contributed by atoms with Crippen LogP contribution in [0.3, 0.4) is 0 Å².